The van der Waals surface area contributed by atoms with E-state index in [0.717, 1.165) is 0 Å². The Balaban J connectivity index is 3.20. The molecule has 0 unspecified atom stereocenters. The van der Waals surface area contributed by atoms with E-state index in [2.05, 4.69) is 5.18 Å². The van der Waals surface area contributed by atoms with Crippen molar-refractivity contribution in [1.82, 2.24) is 0 Å². The average Bonchev–Trinajstić information content (AvgIpc) is 2.05. The van der Waals surface area contributed by atoms with Gasteiger partial charge in [-0.15, -0.1) is 4.91 Å². The van der Waals surface area contributed by atoms with Gasteiger partial charge in [-0.25, -0.2) is 8.42 Å². The first-order valence-corrected chi connectivity index (χ1v) is 3.99. The van der Waals surface area contributed by atoms with E-state index in [1.807, 2.05) is 0 Å². The van der Waals surface area contributed by atoms with Crippen molar-refractivity contribution in [3.63, 3.8) is 0 Å². The SMILES string of the molecule is O=Nc1cccc([SH](=O)=O)c1. The molecule has 1 rings (SSSR count). The first-order chi connectivity index (χ1) is 5.24. The number of nitroso groups, excluding NO2 is 1. The van der Waals surface area contributed by atoms with E-state index in [-0.39, 0.29) is 10.6 Å². The zero-order valence-corrected chi connectivity index (χ0v) is 6.32. The van der Waals surface area contributed by atoms with Crippen LogP contribution in [0.4, 0.5) is 5.69 Å². The van der Waals surface area contributed by atoms with Gasteiger partial charge in [0.2, 0.25) is 0 Å². The van der Waals surface area contributed by atoms with Crippen LogP contribution in [0.15, 0.2) is 34.3 Å². The summed E-state index contributed by atoms with van der Waals surface area (Å²) in [6.07, 6.45) is 0. The monoisotopic (exact) mass is 171 g/mol. The van der Waals surface area contributed by atoms with E-state index in [1.54, 1.807) is 0 Å². The quantitative estimate of drug-likeness (QED) is 0.534. The molecular weight excluding hydrogens is 166 g/mol. The van der Waals surface area contributed by atoms with Crippen LogP contribution in [0.25, 0.3) is 0 Å². The molecule has 0 atom stereocenters. The molecule has 0 heterocycles. The lowest BCUT2D eigenvalue weighted by atomic mass is 10.3. The Kier molecular flexibility index (Phi) is 2.32. The maximum atomic E-state index is 10.4. The normalized spacial score (nSPS) is 9.91. The lowest BCUT2D eigenvalue weighted by molar-refractivity contribution is 0.614. The highest BCUT2D eigenvalue weighted by Crippen LogP contribution is 2.13. The zero-order chi connectivity index (χ0) is 8.27. The molecule has 1 aromatic carbocycles. The van der Waals surface area contributed by atoms with E-state index >= 15 is 0 Å². The van der Waals surface area contributed by atoms with Gasteiger partial charge in [-0.1, -0.05) is 6.07 Å². The fourth-order valence-electron chi connectivity index (χ4n) is 0.663. The predicted molar refractivity (Wildman–Crippen MR) is 40.5 cm³/mol. The number of thiol groups is 1. The van der Waals surface area contributed by atoms with Crippen molar-refractivity contribution in [3.8, 4) is 0 Å². The molecule has 0 aliphatic carbocycles. The molecule has 0 radical (unpaired) electrons. The minimum Gasteiger partial charge on any atom is -0.227 e. The molecule has 58 valence electrons. The molecule has 5 heteroatoms. The van der Waals surface area contributed by atoms with Gasteiger partial charge in [0.05, 0.1) is 4.90 Å². The van der Waals surface area contributed by atoms with E-state index in [9.17, 15) is 13.3 Å². The number of rotatable bonds is 2. The lowest BCUT2D eigenvalue weighted by Crippen LogP contribution is -1.77. The van der Waals surface area contributed by atoms with Crippen molar-refractivity contribution in [3.05, 3.63) is 29.2 Å². The highest BCUT2D eigenvalue weighted by Gasteiger charge is 1.95. The molecule has 0 saturated carbocycles. The zero-order valence-electron chi connectivity index (χ0n) is 5.43. The average molecular weight is 171 g/mol. The molecular formula is C6H5NO3S. The molecule has 11 heavy (non-hydrogen) atoms. The van der Waals surface area contributed by atoms with Gasteiger partial charge in [0, 0.05) is 0 Å². The van der Waals surface area contributed by atoms with E-state index in [4.69, 9.17) is 0 Å². The summed E-state index contributed by atoms with van der Waals surface area (Å²) in [5, 5.41) is 2.60. The van der Waals surface area contributed by atoms with Gasteiger partial charge in [0.15, 0.2) is 10.7 Å². The Morgan fingerprint density at radius 1 is 1.27 bits per heavy atom. The van der Waals surface area contributed by atoms with Crippen molar-refractivity contribution in [2.45, 2.75) is 4.90 Å². The summed E-state index contributed by atoms with van der Waals surface area (Å²) >= 11 is 0. The first-order valence-electron chi connectivity index (χ1n) is 2.82. The number of hydrogen-bond donors (Lipinski definition) is 1. The lowest BCUT2D eigenvalue weighted by Gasteiger charge is -1.89. The Morgan fingerprint density at radius 2 is 2.00 bits per heavy atom. The second-order valence-electron chi connectivity index (χ2n) is 1.87. The largest absolute Gasteiger partial charge is 0.227 e. The van der Waals surface area contributed by atoms with Gasteiger partial charge in [0.1, 0.15) is 5.69 Å². The van der Waals surface area contributed by atoms with Crippen molar-refractivity contribution in [2.75, 3.05) is 0 Å². The topological polar surface area (TPSA) is 63.6 Å². The van der Waals surface area contributed by atoms with E-state index in [0.29, 0.717) is 0 Å². The van der Waals surface area contributed by atoms with Gasteiger partial charge in [-0.2, -0.15) is 0 Å². The van der Waals surface area contributed by atoms with Crippen LogP contribution < -0.4 is 0 Å². The van der Waals surface area contributed by atoms with Crippen molar-refractivity contribution in [1.29, 1.82) is 0 Å². The van der Waals surface area contributed by atoms with Crippen LogP contribution in [-0.2, 0) is 10.7 Å². The first kappa shape index (κ1) is 7.87. The highest BCUT2D eigenvalue weighted by molar-refractivity contribution is 7.72. The predicted octanol–water partition coefficient (Wildman–Crippen LogP) is 1.05. The number of hydrogen-bond acceptors (Lipinski definition) is 4. The molecule has 0 spiro atoms. The maximum absolute atomic E-state index is 10.4. The fraction of sp³-hybridized carbons (Fsp3) is 0. The Hall–Kier alpha value is -1.23. The number of nitrogens with zero attached hydrogens (tertiary/aromatic N) is 1. The van der Waals surface area contributed by atoms with Crippen LogP contribution >= 0.6 is 0 Å². The van der Waals surface area contributed by atoms with Crippen LogP contribution in [0.3, 0.4) is 0 Å². The van der Waals surface area contributed by atoms with E-state index in [1.165, 1.54) is 24.3 Å². The molecule has 0 N–H and O–H groups in total. The summed E-state index contributed by atoms with van der Waals surface area (Å²) in [6.45, 7) is 0. The molecule has 0 aromatic heterocycles. The molecule has 4 nitrogen and oxygen atoms in total. The van der Waals surface area contributed by atoms with Gasteiger partial charge < -0.3 is 0 Å². The summed E-state index contributed by atoms with van der Waals surface area (Å²) < 4.78 is 20.7. The van der Waals surface area contributed by atoms with Crippen LogP contribution in [0, 0.1) is 4.91 Å². The van der Waals surface area contributed by atoms with Crippen LogP contribution in [0.5, 0.6) is 0 Å². The third-order valence-corrected chi connectivity index (χ3v) is 1.85. The van der Waals surface area contributed by atoms with Gasteiger partial charge >= 0.3 is 0 Å². The standard InChI is InChI=1S/C6H5NO3S/c8-7-5-2-1-3-6(4-5)11(9)10/h1-4,11H. The van der Waals surface area contributed by atoms with Gasteiger partial charge in [-0.3, -0.25) is 0 Å². The minimum absolute atomic E-state index is 0.108. The summed E-state index contributed by atoms with van der Waals surface area (Å²) in [7, 11) is -2.62. The molecule has 1 aromatic rings. The summed E-state index contributed by atoms with van der Waals surface area (Å²) in [6, 6.07) is 5.53. The van der Waals surface area contributed by atoms with Crippen molar-refractivity contribution in [2.24, 2.45) is 5.18 Å². The second-order valence-corrected chi connectivity index (χ2v) is 2.90. The minimum atomic E-state index is -2.62. The molecule has 0 bridgehead atoms. The Bertz CT molecular complexity index is 337. The molecule has 0 aliphatic rings. The summed E-state index contributed by atoms with van der Waals surface area (Å²) in [4.78, 5) is 10.0. The van der Waals surface area contributed by atoms with Crippen LogP contribution in [-0.4, -0.2) is 8.42 Å². The molecule has 0 amide bonds. The van der Waals surface area contributed by atoms with Gasteiger partial charge in [-0.05, 0) is 23.4 Å². The second kappa shape index (κ2) is 3.25. The molecule has 0 aliphatic heterocycles. The van der Waals surface area contributed by atoms with Crippen molar-refractivity contribution < 1.29 is 8.42 Å². The van der Waals surface area contributed by atoms with Crippen molar-refractivity contribution >= 4 is 16.4 Å². The highest BCUT2D eigenvalue weighted by atomic mass is 32.2. The summed E-state index contributed by atoms with van der Waals surface area (Å²) in [5.41, 5.74) is 0.127. The smallest absolute Gasteiger partial charge is 0.168 e. The van der Waals surface area contributed by atoms with E-state index < -0.39 is 10.7 Å². The third-order valence-electron chi connectivity index (χ3n) is 1.15. The van der Waals surface area contributed by atoms with Gasteiger partial charge in [0.25, 0.3) is 0 Å². The fourth-order valence-corrected chi connectivity index (χ4v) is 1.11. The Morgan fingerprint density at radius 3 is 2.55 bits per heavy atom. The Labute approximate surface area is 64.8 Å². The van der Waals surface area contributed by atoms with Crippen LogP contribution in [0.1, 0.15) is 0 Å². The number of benzene rings is 1. The molecule has 0 fully saturated rings. The van der Waals surface area contributed by atoms with Crippen LogP contribution in [0.2, 0.25) is 0 Å². The molecule has 0 saturated heterocycles. The maximum Gasteiger partial charge on any atom is 0.168 e. The third kappa shape index (κ3) is 1.84. The summed E-state index contributed by atoms with van der Waals surface area (Å²) in [5.74, 6) is 0.